The highest BCUT2D eigenvalue weighted by atomic mass is 16.5. The van der Waals surface area contributed by atoms with Crippen LogP contribution in [-0.2, 0) is 14.3 Å². The Morgan fingerprint density at radius 1 is 1.26 bits per heavy atom. The van der Waals surface area contributed by atoms with Crippen LogP contribution in [0.1, 0.15) is 25.8 Å². The molecule has 0 aliphatic carbocycles. The lowest BCUT2D eigenvalue weighted by Crippen LogP contribution is -2.30. The van der Waals surface area contributed by atoms with Crippen molar-refractivity contribution in [2.75, 3.05) is 0 Å². The van der Waals surface area contributed by atoms with Gasteiger partial charge in [0.05, 0.1) is 17.4 Å². The summed E-state index contributed by atoms with van der Waals surface area (Å²) >= 11 is 0. The molecule has 118 valence electrons. The molecule has 0 unspecified atom stereocenters. The quantitative estimate of drug-likeness (QED) is 0.677. The summed E-state index contributed by atoms with van der Waals surface area (Å²) in [6.07, 6.45) is -0.203. The van der Waals surface area contributed by atoms with Crippen molar-refractivity contribution in [2.45, 2.75) is 26.4 Å². The maximum absolute atomic E-state index is 12.3. The van der Waals surface area contributed by atoms with Crippen molar-refractivity contribution < 1.29 is 19.1 Å². The van der Waals surface area contributed by atoms with Gasteiger partial charge >= 0.3 is 12.0 Å². The van der Waals surface area contributed by atoms with Gasteiger partial charge < -0.3 is 4.74 Å². The first-order valence-electron chi connectivity index (χ1n) is 7.20. The van der Waals surface area contributed by atoms with E-state index < -0.39 is 17.9 Å². The van der Waals surface area contributed by atoms with Crippen molar-refractivity contribution in [3.05, 3.63) is 47.2 Å². The molecular weight excluding hydrogens is 298 g/mol. The largest absolute Gasteiger partial charge is 0.460 e. The summed E-state index contributed by atoms with van der Waals surface area (Å²) in [6, 6.07) is 8.49. The Bertz CT molecular complexity index is 750. The van der Waals surface area contributed by atoms with Crippen LogP contribution in [0, 0.1) is 0 Å². The molecule has 7 heteroatoms. The Balaban J connectivity index is 2.03. The second-order valence-corrected chi connectivity index (χ2v) is 5.44. The number of benzene rings is 1. The molecule has 3 amide bonds. The van der Waals surface area contributed by atoms with Crippen molar-refractivity contribution >= 4 is 23.6 Å². The Morgan fingerprint density at radius 2 is 1.96 bits per heavy atom. The number of urea groups is 1. The summed E-state index contributed by atoms with van der Waals surface area (Å²) in [5.41, 5.74) is 1.37. The Hall–Kier alpha value is -2.96. The first-order valence-corrected chi connectivity index (χ1v) is 7.20. The summed E-state index contributed by atoms with van der Waals surface area (Å²) in [7, 11) is 0. The molecular formula is C16H15N3O4. The predicted molar refractivity (Wildman–Crippen MR) is 81.2 cm³/mol. The van der Waals surface area contributed by atoms with Gasteiger partial charge in [-0.05, 0) is 19.4 Å². The van der Waals surface area contributed by atoms with Gasteiger partial charge in [-0.3, -0.25) is 10.1 Å². The molecule has 3 rings (SSSR count). The number of hydrogen-bond acceptors (Lipinski definition) is 5. The standard InChI is InChI=1S/C16H15N3O4/c1-9(2)23-15(21)11-8-12(10-6-4-3-5-7-10)18-19-13(11)14(20)17-16(19)22/h3-7,9H,8H2,1-2H3,(H,17,20,22). The van der Waals surface area contributed by atoms with Crippen LogP contribution in [0.5, 0.6) is 0 Å². The predicted octanol–water partition coefficient (Wildman–Crippen LogP) is 1.55. The SMILES string of the molecule is CC(C)OC(=O)C1=C2C(=O)NC(=O)N2N=C(c2ccccc2)C1. The zero-order valence-corrected chi connectivity index (χ0v) is 12.7. The van der Waals surface area contributed by atoms with Crippen LogP contribution >= 0.6 is 0 Å². The zero-order valence-electron chi connectivity index (χ0n) is 12.7. The fourth-order valence-electron chi connectivity index (χ4n) is 2.42. The molecule has 23 heavy (non-hydrogen) atoms. The van der Waals surface area contributed by atoms with Crippen LogP contribution in [0.4, 0.5) is 4.79 Å². The average molecular weight is 313 g/mol. The molecule has 1 aromatic rings. The Kier molecular flexibility index (Phi) is 3.69. The fourth-order valence-corrected chi connectivity index (χ4v) is 2.42. The van der Waals surface area contributed by atoms with Gasteiger partial charge in [0.2, 0.25) is 0 Å². The van der Waals surface area contributed by atoms with E-state index in [2.05, 4.69) is 10.4 Å². The van der Waals surface area contributed by atoms with E-state index in [4.69, 9.17) is 4.74 Å². The number of rotatable bonds is 3. The Labute approximate surface area is 132 Å². The molecule has 0 radical (unpaired) electrons. The van der Waals surface area contributed by atoms with Crippen LogP contribution in [0.2, 0.25) is 0 Å². The van der Waals surface area contributed by atoms with Crippen molar-refractivity contribution in [1.29, 1.82) is 0 Å². The van der Waals surface area contributed by atoms with Gasteiger partial charge in [-0.15, -0.1) is 0 Å². The lowest BCUT2D eigenvalue weighted by molar-refractivity contribution is -0.143. The van der Waals surface area contributed by atoms with Crippen molar-refractivity contribution in [3.63, 3.8) is 0 Å². The third-order valence-electron chi connectivity index (χ3n) is 3.39. The molecule has 7 nitrogen and oxygen atoms in total. The maximum Gasteiger partial charge on any atom is 0.349 e. The molecule has 1 aromatic carbocycles. The van der Waals surface area contributed by atoms with Gasteiger partial charge in [0, 0.05) is 6.42 Å². The number of ether oxygens (including phenoxy) is 1. The van der Waals surface area contributed by atoms with Gasteiger partial charge in [-0.25, -0.2) is 9.59 Å². The third-order valence-corrected chi connectivity index (χ3v) is 3.39. The Morgan fingerprint density at radius 3 is 2.61 bits per heavy atom. The summed E-state index contributed by atoms with van der Waals surface area (Å²) in [5, 5.41) is 7.29. The molecule has 1 fully saturated rings. The molecule has 0 atom stereocenters. The van der Waals surface area contributed by atoms with E-state index in [9.17, 15) is 14.4 Å². The number of nitrogens with one attached hydrogen (secondary N) is 1. The number of carbonyl (C=O) groups excluding carboxylic acids is 3. The third kappa shape index (κ3) is 2.73. The number of carbonyl (C=O) groups is 3. The van der Waals surface area contributed by atoms with E-state index in [-0.39, 0.29) is 23.8 Å². The van der Waals surface area contributed by atoms with E-state index in [0.29, 0.717) is 5.71 Å². The van der Waals surface area contributed by atoms with E-state index >= 15 is 0 Å². The fraction of sp³-hybridized carbons (Fsp3) is 0.250. The highest BCUT2D eigenvalue weighted by Crippen LogP contribution is 2.28. The molecule has 2 aliphatic heterocycles. The second-order valence-electron chi connectivity index (χ2n) is 5.44. The molecule has 2 heterocycles. The average Bonchev–Trinajstić information content (AvgIpc) is 2.81. The van der Waals surface area contributed by atoms with Gasteiger partial charge in [-0.1, -0.05) is 30.3 Å². The summed E-state index contributed by atoms with van der Waals surface area (Å²) in [5.74, 6) is -1.25. The molecule has 0 saturated carbocycles. The number of nitrogens with zero attached hydrogens (tertiary/aromatic N) is 2. The number of hydrazone groups is 1. The lowest BCUT2D eigenvalue weighted by atomic mass is 9.99. The molecule has 1 saturated heterocycles. The van der Waals surface area contributed by atoms with E-state index in [1.807, 2.05) is 30.3 Å². The van der Waals surface area contributed by atoms with E-state index in [1.54, 1.807) is 13.8 Å². The van der Waals surface area contributed by atoms with Gasteiger partial charge in [0.1, 0.15) is 5.70 Å². The van der Waals surface area contributed by atoms with Crippen LogP contribution in [0.15, 0.2) is 46.7 Å². The summed E-state index contributed by atoms with van der Waals surface area (Å²) in [4.78, 5) is 36.2. The van der Waals surface area contributed by atoms with Gasteiger partial charge in [0.25, 0.3) is 5.91 Å². The smallest absolute Gasteiger partial charge is 0.349 e. The summed E-state index contributed by atoms with van der Waals surface area (Å²) in [6.45, 7) is 3.44. The van der Waals surface area contributed by atoms with Crippen LogP contribution in [0.3, 0.4) is 0 Å². The monoisotopic (exact) mass is 313 g/mol. The van der Waals surface area contributed by atoms with Crippen molar-refractivity contribution in [3.8, 4) is 0 Å². The summed E-state index contributed by atoms with van der Waals surface area (Å²) < 4.78 is 5.20. The minimum absolute atomic E-state index is 0.0552. The van der Waals surface area contributed by atoms with Crippen LogP contribution in [0.25, 0.3) is 0 Å². The molecule has 1 N–H and O–H groups in total. The number of imide groups is 1. The second kappa shape index (κ2) is 5.68. The highest BCUT2D eigenvalue weighted by Gasteiger charge is 2.41. The first kappa shape index (κ1) is 15.0. The lowest BCUT2D eigenvalue weighted by Gasteiger charge is -2.22. The topological polar surface area (TPSA) is 88.1 Å². The normalized spacial score (nSPS) is 17.2. The van der Waals surface area contributed by atoms with E-state index in [1.165, 1.54) is 0 Å². The molecule has 2 aliphatic rings. The molecule has 0 aromatic heterocycles. The minimum atomic E-state index is -0.673. The minimum Gasteiger partial charge on any atom is -0.460 e. The first-order chi connectivity index (χ1) is 11.0. The van der Waals surface area contributed by atoms with Crippen molar-refractivity contribution in [2.24, 2.45) is 5.10 Å². The van der Waals surface area contributed by atoms with Crippen molar-refractivity contribution in [1.82, 2.24) is 10.3 Å². The number of hydrogen-bond donors (Lipinski definition) is 1. The number of amides is 3. The van der Waals surface area contributed by atoms with Crippen LogP contribution < -0.4 is 5.32 Å². The molecule has 0 bridgehead atoms. The maximum atomic E-state index is 12.3. The number of esters is 1. The zero-order chi connectivity index (χ0) is 16.6. The van der Waals surface area contributed by atoms with Gasteiger partial charge in [-0.2, -0.15) is 10.1 Å². The van der Waals surface area contributed by atoms with E-state index in [0.717, 1.165) is 10.6 Å². The molecule has 0 spiro atoms. The number of fused-ring (bicyclic) bond motifs is 1. The highest BCUT2D eigenvalue weighted by molar-refractivity contribution is 6.19. The van der Waals surface area contributed by atoms with Crippen LogP contribution in [-0.4, -0.2) is 34.7 Å². The van der Waals surface area contributed by atoms with Gasteiger partial charge in [0.15, 0.2) is 0 Å².